The molecule has 2 saturated heterocycles. The normalized spacial score (nSPS) is 23.5. The molecule has 0 amide bonds. The number of likely N-dealkylation sites (tertiary alicyclic amines) is 1. The van der Waals surface area contributed by atoms with Gasteiger partial charge in [-0.3, -0.25) is 14.2 Å². The standard InChI is InChI=1S/C20H31N5O3S/c1-21-20(24-9-7-18(16-24)23-11-13-28-14-12-23)22-8-15-29(26,27)25-10-6-17-4-2-3-5-19(17)25/h2-5,18H,6-16H2,1H3,(H,21,22). The van der Waals surface area contributed by atoms with Crippen LogP contribution in [-0.2, 0) is 21.2 Å². The Balaban J connectivity index is 1.29. The Kier molecular flexibility index (Phi) is 6.26. The predicted molar refractivity (Wildman–Crippen MR) is 115 cm³/mol. The second-order valence-corrected chi connectivity index (χ2v) is 9.79. The van der Waals surface area contributed by atoms with Crippen LogP contribution in [0.1, 0.15) is 12.0 Å². The lowest BCUT2D eigenvalue weighted by molar-refractivity contribution is 0.0195. The molecule has 0 bridgehead atoms. The van der Waals surface area contributed by atoms with Gasteiger partial charge in [-0.05, 0) is 24.5 Å². The number of para-hydroxylation sites is 1. The van der Waals surface area contributed by atoms with Crippen LogP contribution >= 0.6 is 0 Å². The molecule has 0 aromatic heterocycles. The van der Waals surface area contributed by atoms with E-state index in [1.54, 1.807) is 11.4 Å². The molecule has 160 valence electrons. The molecular weight excluding hydrogens is 390 g/mol. The van der Waals surface area contributed by atoms with Crippen molar-refractivity contribution in [3.8, 4) is 0 Å². The molecule has 4 rings (SSSR count). The van der Waals surface area contributed by atoms with E-state index in [0.29, 0.717) is 19.1 Å². The van der Waals surface area contributed by atoms with E-state index in [2.05, 4.69) is 20.1 Å². The van der Waals surface area contributed by atoms with Gasteiger partial charge in [0.15, 0.2) is 5.96 Å². The average Bonchev–Trinajstić information content (AvgIpc) is 3.40. The highest BCUT2D eigenvalue weighted by atomic mass is 32.2. The second-order valence-electron chi connectivity index (χ2n) is 7.78. The number of morpholine rings is 1. The fourth-order valence-electron chi connectivity index (χ4n) is 4.51. The van der Waals surface area contributed by atoms with Crippen LogP contribution in [0, 0.1) is 0 Å². The molecular formula is C20H31N5O3S. The van der Waals surface area contributed by atoms with Crippen molar-refractivity contribution in [1.82, 2.24) is 15.1 Å². The Morgan fingerprint density at radius 2 is 2.00 bits per heavy atom. The van der Waals surface area contributed by atoms with Crippen molar-refractivity contribution in [1.29, 1.82) is 0 Å². The third-order valence-corrected chi connectivity index (χ3v) is 7.83. The molecule has 0 aliphatic carbocycles. The molecule has 1 aromatic carbocycles. The number of aliphatic imine (C=N–C) groups is 1. The highest BCUT2D eigenvalue weighted by Gasteiger charge is 2.31. The van der Waals surface area contributed by atoms with Gasteiger partial charge in [-0.15, -0.1) is 0 Å². The largest absolute Gasteiger partial charge is 0.379 e. The van der Waals surface area contributed by atoms with E-state index < -0.39 is 10.0 Å². The molecule has 2 fully saturated rings. The zero-order valence-corrected chi connectivity index (χ0v) is 17.9. The smallest absolute Gasteiger partial charge is 0.236 e. The van der Waals surface area contributed by atoms with Crippen LogP contribution in [0.4, 0.5) is 5.69 Å². The predicted octanol–water partition coefficient (Wildman–Crippen LogP) is 0.361. The average molecular weight is 422 g/mol. The number of fused-ring (bicyclic) bond motifs is 1. The number of nitrogens with zero attached hydrogens (tertiary/aromatic N) is 4. The first kappa shape index (κ1) is 20.4. The molecule has 1 N–H and O–H groups in total. The van der Waals surface area contributed by atoms with Crippen molar-refractivity contribution < 1.29 is 13.2 Å². The number of sulfonamides is 1. The Hall–Kier alpha value is -1.84. The van der Waals surface area contributed by atoms with Crippen molar-refractivity contribution in [2.24, 2.45) is 4.99 Å². The second kappa shape index (κ2) is 8.89. The number of anilines is 1. The van der Waals surface area contributed by atoms with E-state index in [0.717, 1.165) is 69.4 Å². The highest BCUT2D eigenvalue weighted by molar-refractivity contribution is 7.92. The molecule has 1 unspecified atom stereocenters. The summed E-state index contributed by atoms with van der Waals surface area (Å²) < 4.78 is 32.7. The molecule has 1 atom stereocenters. The molecule has 0 radical (unpaired) electrons. The summed E-state index contributed by atoms with van der Waals surface area (Å²) in [4.78, 5) is 9.11. The first-order chi connectivity index (χ1) is 14.1. The molecule has 3 aliphatic rings. The summed E-state index contributed by atoms with van der Waals surface area (Å²) in [7, 11) is -1.59. The van der Waals surface area contributed by atoms with Crippen LogP contribution in [0.25, 0.3) is 0 Å². The Bertz CT molecular complexity index is 838. The van der Waals surface area contributed by atoms with Crippen LogP contribution in [-0.4, -0.2) is 95.5 Å². The lowest BCUT2D eigenvalue weighted by atomic mass is 10.2. The highest BCUT2D eigenvalue weighted by Crippen LogP contribution is 2.29. The maximum absolute atomic E-state index is 12.9. The van der Waals surface area contributed by atoms with Gasteiger partial charge in [-0.2, -0.15) is 0 Å². The maximum atomic E-state index is 12.9. The fraction of sp³-hybridized carbons (Fsp3) is 0.650. The van der Waals surface area contributed by atoms with Crippen molar-refractivity contribution in [2.45, 2.75) is 18.9 Å². The molecule has 1 aromatic rings. The van der Waals surface area contributed by atoms with E-state index in [1.807, 2.05) is 24.3 Å². The zero-order valence-electron chi connectivity index (χ0n) is 17.1. The van der Waals surface area contributed by atoms with E-state index >= 15 is 0 Å². The number of nitrogens with one attached hydrogen (secondary N) is 1. The first-order valence-electron chi connectivity index (χ1n) is 10.4. The number of benzene rings is 1. The van der Waals surface area contributed by atoms with Gasteiger partial charge in [-0.1, -0.05) is 18.2 Å². The molecule has 3 heterocycles. The van der Waals surface area contributed by atoms with Crippen molar-refractivity contribution in [2.75, 3.05) is 69.6 Å². The molecule has 29 heavy (non-hydrogen) atoms. The number of ether oxygens (including phenoxy) is 1. The minimum absolute atomic E-state index is 0.0566. The van der Waals surface area contributed by atoms with E-state index in [4.69, 9.17) is 4.74 Å². The maximum Gasteiger partial charge on any atom is 0.236 e. The number of hydrogen-bond acceptors (Lipinski definition) is 5. The van der Waals surface area contributed by atoms with E-state index in [9.17, 15) is 8.42 Å². The van der Waals surface area contributed by atoms with Gasteiger partial charge in [0.2, 0.25) is 10.0 Å². The van der Waals surface area contributed by atoms with Crippen molar-refractivity contribution >= 4 is 21.7 Å². The van der Waals surface area contributed by atoms with Gasteiger partial charge in [0.05, 0.1) is 24.7 Å². The Morgan fingerprint density at radius 3 is 2.79 bits per heavy atom. The quantitative estimate of drug-likeness (QED) is 0.547. The summed E-state index contributed by atoms with van der Waals surface area (Å²) in [6.45, 7) is 6.33. The monoisotopic (exact) mass is 421 g/mol. The summed E-state index contributed by atoms with van der Waals surface area (Å²) in [6, 6.07) is 8.26. The van der Waals surface area contributed by atoms with E-state index in [-0.39, 0.29) is 5.75 Å². The van der Waals surface area contributed by atoms with Gasteiger partial charge in [0, 0.05) is 52.4 Å². The van der Waals surface area contributed by atoms with Crippen LogP contribution in [0.5, 0.6) is 0 Å². The molecule has 0 spiro atoms. The molecule has 0 saturated carbocycles. The molecule has 9 heteroatoms. The number of hydrogen-bond donors (Lipinski definition) is 1. The van der Waals surface area contributed by atoms with Crippen LogP contribution in [0.2, 0.25) is 0 Å². The summed E-state index contributed by atoms with van der Waals surface area (Å²) in [5.41, 5.74) is 1.93. The topological polar surface area (TPSA) is 77.5 Å². The molecule has 3 aliphatic heterocycles. The van der Waals surface area contributed by atoms with Gasteiger partial charge in [0.1, 0.15) is 0 Å². The first-order valence-corrected chi connectivity index (χ1v) is 12.0. The summed E-state index contributed by atoms with van der Waals surface area (Å²) in [6.07, 6.45) is 1.88. The van der Waals surface area contributed by atoms with Gasteiger partial charge >= 0.3 is 0 Å². The van der Waals surface area contributed by atoms with Gasteiger partial charge in [-0.25, -0.2) is 8.42 Å². The third kappa shape index (κ3) is 4.51. The number of rotatable bonds is 5. The SMILES string of the molecule is CN=C(NCCS(=O)(=O)N1CCc2ccccc21)N1CCC(N2CCOCC2)C1. The lowest BCUT2D eigenvalue weighted by Gasteiger charge is -2.32. The number of guanidine groups is 1. The van der Waals surface area contributed by atoms with Crippen LogP contribution in [0.3, 0.4) is 0 Å². The Morgan fingerprint density at radius 1 is 1.21 bits per heavy atom. The molecule has 8 nitrogen and oxygen atoms in total. The minimum Gasteiger partial charge on any atom is -0.379 e. The Labute approximate surface area is 173 Å². The van der Waals surface area contributed by atoms with Gasteiger partial charge < -0.3 is 15.0 Å². The summed E-state index contributed by atoms with van der Waals surface area (Å²) >= 11 is 0. The lowest BCUT2D eigenvalue weighted by Crippen LogP contribution is -2.47. The third-order valence-electron chi connectivity index (χ3n) is 6.06. The van der Waals surface area contributed by atoms with E-state index in [1.165, 1.54) is 0 Å². The summed E-state index contributed by atoms with van der Waals surface area (Å²) in [5, 5.41) is 3.27. The minimum atomic E-state index is -3.35. The zero-order chi connectivity index (χ0) is 20.3. The van der Waals surface area contributed by atoms with Crippen molar-refractivity contribution in [3.63, 3.8) is 0 Å². The van der Waals surface area contributed by atoms with Crippen LogP contribution in [0.15, 0.2) is 29.3 Å². The summed E-state index contributed by atoms with van der Waals surface area (Å²) in [5.74, 6) is 0.846. The fourth-order valence-corrected chi connectivity index (χ4v) is 5.93. The van der Waals surface area contributed by atoms with Crippen molar-refractivity contribution in [3.05, 3.63) is 29.8 Å². The van der Waals surface area contributed by atoms with Crippen LogP contribution < -0.4 is 9.62 Å². The van der Waals surface area contributed by atoms with Gasteiger partial charge in [0.25, 0.3) is 0 Å².